The lowest BCUT2D eigenvalue weighted by Gasteiger charge is -2.19. The molecule has 2 rings (SSSR count). The molecule has 0 amide bonds. The second-order valence-electron chi connectivity index (χ2n) is 5.14. The molecule has 0 aliphatic carbocycles. The van der Waals surface area contributed by atoms with Gasteiger partial charge < -0.3 is 5.32 Å². The molecule has 1 unspecified atom stereocenters. The van der Waals surface area contributed by atoms with Gasteiger partial charge in [-0.25, -0.2) is 4.39 Å². The summed E-state index contributed by atoms with van der Waals surface area (Å²) in [6.07, 6.45) is 2.74. The SMILES string of the molecule is CCCNC(Cc1ccccc1)Cc1ccccc1F. The Morgan fingerprint density at radius 2 is 1.65 bits per heavy atom. The van der Waals surface area contributed by atoms with Crippen molar-refractivity contribution in [2.75, 3.05) is 6.54 Å². The molecule has 1 nitrogen and oxygen atoms in total. The summed E-state index contributed by atoms with van der Waals surface area (Å²) in [5.74, 6) is -0.108. The third-order valence-electron chi connectivity index (χ3n) is 3.43. The summed E-state index contributed by atoms with van der Waals surface area (Å²) in [7, 11) is 0. The first-order valence-corrected chi connectivity index (χ1v) is 7.30. The van der Waals surface area contributed by atoms with Gasteiger partial charge in [-0.15, -0.1) is 0 Å². The Morgan fingerprint density at radius 1 is 0.950 bits per heavy atom. The van der Waals surface area contributed by atoms with Gasteiger partial charge in [-0.2, -0.15) is 0 Å². The summed E-state index contributed by atoms with van der Waals surface area (Å²) in [5.41, 5.74) is 2.08. The van der Waals surface area contributed by atoms with Crippen LogP contribution in [0.4, 0.5) is 4.39 Å². The second-order valence-corrected chi connectivity index (χ2v) is 5.14. The molecule has 20 heavy (non-hydrogen) atoms. The molecule has 0 heterocycles. The second kappa shape index (κ2) is 7.81. The van der Waals surface area contributed by atoms with Crippen molar-refractivity contribution in [3.8, 4) is 0 Å². The molecule has 106 valence electrons. The smallest absolute Gasteiger partial charge is 0.126 e. The van der Waals surface area contributed by atoms with Crippen LogP contribution >= 0.6 is 0 Å². The predicted molar refractivity (Wildman–Crippen MR) is 82.3 cm³/mol. The van der Waals surface area contributed by atoms with Crippen LogP contribution in [-0.4, -0.2) is 12.6 Å². The van der Waals surface area contributed by atoms with Gasteiger partial charge in [-0.1, -0.05) is 55.5 Å². The fourth-order valence-corrected chi connectivity index (χ4v) is 2.39. The third-order valence-corrected chi connectivity index (χ3v) is 3.43. The van der Waals surface area contributed by atoms with Crippen LogP contribution in [0.2, 0.25) is 0 Å². The molecule has 0 saturated heterocycles. The monoisotopic (exact) mass is 271 g/mol. The van der Waals surface area contributed by atoms with Gasteiger partial charge in [0, 0.05) is 6.04 Å². The number of nitrogens with one attached hydrogen (secondary N) is 1. The molecule has 0 fully saturated rings. The Kier molecular flexibility index (Phi) is 5.75. The van der Waals surface area contributed by atoms with E-state index in [1.165, 1.54) is 11.6 Å². The van der Waals surface area contributed by atoms with E-state index in [2.05, 4.69) is 36.5 Å². The largest absolute Gasteiger partial charge is 0.313 e. The molecule has 0 radical (unpaired) electrons. The Balaban J connectivity index is 2.05. The number of hydrogen-bond donors (Lipinski definition) is 1. The summed E-state index contributed by atoms with van der Waals surface area (Å²) in [6, 6.07) is 17.7. The Labute approximate surface area is 120 Å². The van der Waals surface area contributed by atoms with E-state index in [9.17, 15) is 4.39 Å². The fraction of sp³-hybridized carbons (Fsp3) is 0.333. The molecule has 0 aliphatic rings. The standard InChI is InChI=1S/C18H22FN/c1-2-12-20-17(13-15-8-4-3-5-9-15)14-16-10-6-7-11-18(16)19/h3-11,17,20H,2,12-14H2,1H3. The van der Waals surface area contributed by atoms with Crippen molar-refractivity contribution in [2.45, 2.75) is 32.2 Å². The molecule has 0 saturated carbocycles. The molecule has 0 spiro atoms. The molecule has 1 N–H and O–H groups in total. The predicted octanol–water partition coefficient (Wildman–Crippen LogP) is 3.98. The highest BCUT2D eigenvalue weighted by Crippen LogP contribution is 2.12. The van der Waals surface area contributed by atoms with Gasteiger partial charge in [0.15, 0.2) is 0 Å². The van der Waals surface area contributed by atoms with E-state index in [1.807, 2.05) is 18.2 Å². The number of halogens is 1. The van der Waals surface area contributed by atoms with Crippen LogP contribution < -0.4 is 5.32 Å². The molecular formula is C18H22FN. The molecule has 1 atom stereocenters. The summed E-state index contributed by atoms with van der Waals surface area (Å²) in [6.45, 7) is 3.11. The first-order valence-electron chi connectivity index (χ1n) is 7.30. The summed E-state index contributed by atoms with van der Waals surface area (Å²) >= 11 is 0. The molecule has 0 bridgehead atoms. The molecule has 0 aromatic heterocycles. The summed E-state index contributed by atoms with van der Waals surface area (Å²) in [4.78, 5) is 0. The quantitative estimate of drug-likeness (QED) is 0.803. The van der Waals surface area contributed by atoms with Crippen molar-refractivity contribution < 1.29 is 4.39 Å². The van der Waals surface area contributed by atoms with Crippen LogP contribution in [0.5, 0.6) is 0 Å². The van der Waals surface area contributed by atoms with Crippen LogP contribution in [0.15, 0.2) is 54.6 Å². The van der Waals surface area contributed by atoms with Crippen LogP contribution in [0.3, 0.4) is 0 Å². The van der Waals surface area contributed by atoms with E-state index in [0.29, 0.717) is 0 Å². The lowest BCUT2D eigenvalue weighted by atomic mass is 9.98. The van der Waals surface area contributed by atoms with E-state index in [1.54, 1.807) is 6.07 Å². The zero-order valence-electron chi connectivity index (χ0n) is 12.0. The highest BCUT2D eigenvalue weighted by Gasteiger charge is 2.12. The number of rotatable bonds is 7. The maximum Gasteiger partial charge on any atom is 0.126 e. The molecule has 2 aromatic carbocycles. The van der Waals surface area contributed by atoms with E-state index < -0.39 is 0 Å². The van der Waals surface area contributed by atoms with Crippen molar-refractivity contribution in [2.24, 2.45) is 0 Å². The third kappa shape index (κ3) is 4.46. The van der Waals surface area contributed by atoms with Crippen molar-refractivity contribution in [1.82, 2.24) is 5.32 Å². The Bertz CT molecular complexity index is 510. The molecule has 2 aromatic rings. The van der Waals surface area contributed by atoms with E-state index in [-0.39, 0.29) is 11.9 Å². The van der Waals surface area contributed by atoms with Crippen molar-refractivity contribution in [1.29, 1.82) is 0 Å². The average molecular weight is 271 g/mol. The van der Waals surface area contributed by atoms with Crippen LogP contribution in [0, 0.1) is 5.82 Å². The van der Waals surface area contributed by atoms with E-state index in [0.717, 1.165) is 31.4 Å². The van der Waals surface area contributed by atoms with Crippen LogP contribution in [0.1, 0.15) is 24.5 Å². The normalized spacial score (nSPS) is 12.3. The lowest BCUT2D eigenvalue weighted by molar-refractivity contribution is 0.492. The van der Waals surface area contributed by atoms with Gasteiger partial charge in [-0.05, 0) is 43.0 Å². The van der Waals surface area contributed by atoms with E-state index >= 15 is 0 Å². The van der Waals surface area contributed by atoms with Crippen LogP contribution in [-0.2, 0) is 12.8 Å². The van der Waals surface area contributed by atoms with Gasteiger partial charge in [0.25, 0.3) is 0 Å². The highest BCUT2D eigenvalue weighted by molar-refractivity contribution is 5.21. The van der Waals surface area contributed by atoms with Gasteiger partial charge in [0.2, 0.25) is 0 Å². The summed E-state index contributed by atoms with van der Waals surface area (Å²) in [5, 5.41) is 3.53. The first-order chi connectivity index (χ1) is 9.79. The zero-order valence-corrected chi connectivity index (χ0v) is 12.0. The van der Waals surface area contributed by atoms with Gasteiger partial charge >= 0.3 is 0 Å². The van der Waals surface area contributed by atoms with Gasteiger partial charge in [0.05, 0.1) is 0 Å². The first kappa shape index (κ1) is 14.7. The molecule has 2 heteroatoms. The van der Waals surface area contributed by atoms with Gasteiger partial charge in [0.1, 0.15) is 5.82 Å². The van der Waals surface area contributed by atoms with Crippen molar-refractivity contribution in [3.05, 3.63) is 71.5 Å². The fourth-order valence-electron chi connectivity index (χ4n) is 2.39. The zero-order chi connectivity index (χ0) is 14.2. The highest BCUT2D eigenvalue weighted by atomic mass is 19.1. The maximum absolute atomic E-state index is 13.8. The Morgan fingerprint density at radius 3 is 2.35 bits per heavy atom. The minimum atomic E-state index is -0.108. The minimum Gasteiger partial charge on any atom is -0.313 e. The minimum absolute atomic E-state index is 0.108. The maximum atomic E-state index is 13.8. The average Bonchev–Trinajstić information content (AvgIpc) is 2.48. The number of benzene rings is 2. The summed E-state index contributed by atoms with van der Waals surface area (Å²) < 4.78 is 13.8. The topological polar surface area (TPSA) is 12.0 Å². The molecular weight excluding hydrogens is 249 g/mol. The van der Waals surface area contributed by atoms with Crippen molar-refractivity contribution in [3.63, 3.8) is 0 Å². The van der Waals surface area contributed by atoms with Crippen LogP contribution in [0.25, 0.3) is 0 Å². The lowest BCUT2D eigenvalue weighted by Crippen LogP contribution is -2.34. The Hall–Kier alpha value is -1.67. The van der Waals surface area contributed by atoms with E-state index in [4.69, 9.17) is 0 Å². The van der Waals surface area contributed by atoms with Gasteiger partial charge in [-0.3, -0.25) is 0 Å². The number of hydrogen-bond acceptors (Lipinski definition) is 1. The molecule has 0 aliphatic heterocycles. The van der Waals surface area contributed by atoms with Crippen molar-refractivity contribution >= 4 is 0 Å².